The molecule has 1 aliphatic heterocycles. The highest BCUT2D eigenvalue weighted by Crippen LogP contribution is 2.27. The van der Waals surface area contributed by atoms with Crippen molar-refractivity contribution in [2.24, 2.45) is 5.92 Å². The standard InChI is InChI=1S/C13H23NO3Si/c1-8(2)10(15)5-6-14-12(16)7-11(13(14)17)18-9(3)4/h8-9,11H,5-7,18H2,1-4H3. The van der Waals surface area contributed by atoms with Gasteiger partial charge in [0.1, 0.15) is 5.78 Å². The fraction of sp³-hybridized carbons (Fsp3) is 0.769. The molecule has 0 aromatic rings. The lowest BCUT2D eigenvalue weighted by molar-refractivity contribution is -0.138. The van der Waals surface area contributed by atoms with Crippen LogP contribution in [0.4, 0.5) is 0 Å². The van der Waals surface area contributed by atoms with E-state index in [-0.39, 0.29) is 35.6 Å². The molecule has 1 fully saturated rings. The first-order valence-electron chi connectivity index (χ1n) is 6.69. The largest absolute Gasteiger partial charge is 0.299 e. The summed E-state index contributed by atoms with van der Waals surface area (Å²) in [5.74, 6) is -0.0366. The van der Waals surface area contributed by atoms with Gasteiger partial charge in [0.05, 0.1) is 0 Å². The van der Waals surface area contributed by atoms with Crippen LogP contribution in [0.5, 0.6) is 0 Å². The summed E-state index contributed by atoms with van der Waals surface area (Å²) >= 11 is 0. The maximum absolute atomic E-state index is 12.1. The van der Waals surface area contributed by atoms with Crippen LogP contribution in [0.1, 0.15) is 40.5 Å². The fourth-order valence-electron chi connectivity index (χ4n) is 2.25. The van der Waals surface area contributed by atoms with Crippen LogP contribution in [0.15, 0.2) is 0 Å². The van der Waals surface area contributed by atoms with Crippen molar-refractivity contribution in [2.75, 3.05) is 6.54 Å². The first-order valence-corrected chi connectivity index (χ1v) is 8.33. The van der Waals surface area contributed by atoms with Crippen molar-refractivity contribution in [3.8, 4) is 0 Å². The molecule has 1 rings (SSSR count). The van der Waals surface area contributed by atoms with Crippen molar-refractivity contribution < 1.29 is 14.4 Å². The molecule has 1 heterocycles. The summed E-state index contributed by atoms with van der Waals surface area (Å²) in [5.41, 5.74) is 0.510. The van der Waals surface area contributed by atoms with E-state index in [4.69, 9.17) is 0 Å². The number of rotatable bonds is 6. The lowest BCUT2D eigenvalue weighted by Gasteiger charge is -2.15. The molecular weight excluding hydrogens is 246 g/mol. The summed E-state index contributed by atoms with van der Waals surface area (Å²) in [6.07, 6.45) is 0.671. The van der Waals surface area contributed by atoms with E-state index in [1.165, 1.54) is 4.90 Å². The number of amides is 2. The molecule has 1 saturated heterocycles. The van der Waals surface area contributed by atoms with Gasteiger partial charge >= 0.3 is 0 Å². The van der Waals surface area contributed by atoms with Crippen LogP contribution in [-0.4, -0.2) is 38.6 Å². The summed E-state index contributed by atoms with van der Waals surface area (Å²) < 4.78 is 0. The van der Waals surface area contributed by atoms with Crippen molar-refractivity contribution in [1.29, 1.82) is 0 Å². The quantitative estimate of drug-likeness (QED) is 0.537. The third-order valence-electron chi connectivity index (χ3n) is 3.32. The Labute approximate surface area is 111 Å². The number of carbonyl (C=O) groups is 3. The Bertz CT molecular complexity index is 352. The molecule has 0 N–H and O–H groups in total. The van der Waals surface area contributed by atoms with Crippen molar-refractivity contribution in [1.82, 2.24) is 4.90 Å². The Morgan fingerprint density at radius 2 is 1.94 bits per heavy atom. The number of nitrogens with zero attached hydrogens (tertiary/aromatic N) is 1. The van der Waals surface area contributed by atoms with Gasteiger partial charge in [-0.05, 0) is 0 Å². The number of carbonyl (C=O) groups excluding carboxylic acids is 3. The van der Waals surface area contributed by atoms with Gasteiger partial charge in [-0.2, -0.15) is 0 Å². The number of hydrogen-bond acceptors (Lipinski definition) is 3. The van der Waals surface area contributed by atoms with E-state index in [9.17, 15) is 14.4 Å². The van der Waals surface area contributed by atoms with Crippen molar-refractivity contribution in [3.05, 3.63) is 0 Å². The van der Waals surface area contributed by atoms with Crippen molar-refractivity contribution >= 4 is 27.1 Å². The molecule has 0 aromatic heterocycles. The minimum Gasteiger partial charge on any atom is -0.299 e. The highest BCUT2D eigenvalue weighted by atomic mass is 28.2. The highest BCUT2D eigenvalue weighted by Gasteiger charge is 2.38. The second-order valence-corrected chi connectivity index (χ2v) is 8.88. The van der Waals surface area contributed by atoms with Crippen molar-refractivity contribution in [2.45, 2.75) is 51.6 Å². The minimum atomic E-state index is -0.537. The third kappa shape index (κ3) is 3.76. The molecule has 102 valence electrons. The smallest absolute Gasteiger partial charge is 0.229 e. The van der Waals surface area contributed by atoms with E-state index in [2.05, 4.69) is 13.8 Å². The van der Waals surface area contributed by atoms with Crippen LogP contribution in [0.3, 0.4) is 0 Å². The molecule has 2 amide bonds. The minimum absolute atomic E-state index is 0.0290. The zero-order chi connectivity index (χ0) is 13.9. The Kier molecular flexibility index (Phi) is 5.25. The lowest BCUT2D eigenvalue weighted by atomic mass is 10.1. The van der Waals surface area contributed by atoms with Gasteiger partial charge in [-0.25, -0.2) is 0 Å². The maximum atomic E-state index is 12.1. The molecule has 0 bridgehead atoms. The zero-order valence-electron chi connectivity index (χ0n) is 11.7. The Balaban J connectivity index is 2.54. The van der Waals surface area contributed by atoms with E-state index < -0.39 is 9.52 Å². The van der Waals surface area contributed by atoms with Crippen LogP contribution in [-0.2, 0) is 14.4 Å². The monoisotopic (exact) mass is 269 g/mol. The molecule has 0 aliphatic carbocycles. The summed E-state index contributed by atoms with van der Waals surface area (Å²) in [6.45, 7) is 8.16. The average Bonchev–Trinajstić information content (AvgIpc) is 2.50. The zero-order valence-corrected chi connectivity index (χ0v) is 13.1. The third-order valence-corrected chi connectivity index (χ3v) is 5.47. The first-order chi connectivity index (χ1) is 8.32. The summed E-state index contributed by atoms with van der Waals surface area (Å²) in [5, 5.41) is 0. The normalized spacial score (nSPS) is 21.0. The molecular formula is C13H23NO3Si. The predicted molar refractivity (Wildman–Crippen MR) is 73.2 cm³/mol. The Morgan fingerprint density at radius 1 is 1.33 bits per heavy atom. The molecule has 4 nitrogen and oxygen atoms in total. The van der Waals surface area contributed by atoms with Crippen LogP contribution in [0.2, 0.25) is 11.1 Å². The predicted octanol–water partition coefficient (Wildman–Crippen LogP) is 1.15. The molecule has 0 aromatic carbocycles. The van der Waals surface area contributed by atoms with Gasteiger partial charge in [0, 0.05) is 40.4 Å². The van der Waals surface area contributed by atoms with E-state index in [1.807, 2.05) is 13.8 Å². The topological polar surface area (TPSA) is 54.5 Å². The van der Waals surface area contributed by atoms with Gasteiger partial charge in [-0.15, -0.1) is 0 Å². The van der Waals surface area contributed by atoms with Gasteiger partial charge in [-0.1, -0.05) is 33.2 Å². The van der Waals surface area contributed by atoms with Gasteiger partial charge in [-0.3, -0.25) is 19.3 Å². The second-order valence-electron chi connectivity index (χ2n) is 5.79. The molecule has 0 saturated carbocycles. The average molecular weight is 269 g/mol. The molecule has 1 atom stereocenters. The Hall–Kier alpha value is -0.973. The molecule has 0 spiro atoms. The maximum Gasteiger partial charge on any atom is 0.229 e. The van der Waals surface area contributed by atoms with Crippen LogP contribution in [0.25, 0.3) is 0 Å². The SMILES string of the molecule is CC(C)[SiH2]C1CC(=O)N(CCC(=O)C(C)C)C1=O. The van der Waals surface area contributed by atoms with E-state index in [0.29, 0.717) is 18.4 Å². The summed E-state index contributed by atoms with van der Waals surface area (Å²) in [6, 6.07) is 0. The van der Waals surface area contributed by atoms with Gasteiger partial charge in [0.25, 0.3) is 0 Å². The second kappa shape index (κ2) is 6.27. The highest BCUT2D eigenvalue weighted by molar-refractivity contribution is 6.47. The van der Waals surface area contributed by atoms with E-state index in [0.717, 1.165) is 0 Å². The number of Topliss-reactive ketones (excluding diaryl/α,β-unsaturated/α-hetero) is 1. The molecule has 0 radical (unpaired) electrons. The van der Waals surface area contributed by atoms with Crippen LogP contribution >= 0.6 is 0 Å². The fourth-order valence-corrected chi connectivity index (χ4v) is 4.22. The van der Waals surface area contributed by atoms with Gasteiger partial charge in [0.2, 0.25) is 11.8 Å². The summed E-state index contributed by atoms with van der Waals surface area (Å²) in [4.78, 5) is 36.7. The number of ketones is 1. The Morgan fingerprint density at radius 3 is 2.44 bits per heavy atom. The van der Waals surface area contributed by atoms with E-state index >= 15 is 0 Å². The molecule has 1 unspecified atom stereocenters. The number of likely N-dealkylation sites (tertiary alicyclic amines) is 1. The molecule has 1 aliphatic rings. The van der Waals surface area contributed by atoms with Crippen LogP contribution in [0, 0.1) is 5.92 Å². The summed E-state index contributed by atoms with van der Waals surface area (Å²) in [7, 11) is -0.537. The van der Waals surface area contributed by atoms with Crippen LogP contribution < -0.4 is 0 Å². The molecule has 18 heavy (non-hydrogen) atoms. The van der Waals surface area contributed by atoms with Crippen molar-refractivity contribution in [3.63, 3.8) is 0 Å². The lowest BCUT2D eigenvalue weighted by Crippen LogP contribution is -2.33. The number of imide groups is 1. The number of hydrogen-bond donors (Lipinski definition) is 0. The van der Waals surface area contributed by atoms with Gasteiger partial charge in [0.15, 0.2) is 0 Å². The van der Waals surface area contributed by atoms with E-state index in [1.54, 1.807) is 0 Å². The molecule has 5 heteroatoms. The van der Waals surface area contributed by atoms with Gasteiger partial charge < -0.3 is 0 Å². The first kappa shape index (κ1) is 15.1.